The van der Waals surface area contributed by atoms with Gasteiger partial charge in [-0.2, -0.15) is 0 Å². The monoisotopic (exact) mass is 243 g/mol. The molecule has 0 amide bonds. The van der Waals surface area contributed by atoms with Crippen LogP contribution in [-0.2, 0) is 0 Å². The minimum absolute atomic E-state index is 0.561. The van der Waals surface area contributed by atoms with E-state index in [1.165, 1.54) is 0 Å². The van der Waals surface area contributed by atoms with Gasteiger partial charge in [0.2, 0.25) is 0 Å². The van der Waals surface area contributed by atoms with Crippen molar-refractivity contribution in [2.24, 2.45) is 10.9 Å². The normalized spacial score (nSPS) is 12.3. The van der Waals surface area contributed by atoms with Crippen molar-refractivity contribution in [2.75, 3.05) is 6.54 Å². The predicted octanol–water partition coefficient (Wildman–Crippen LogP) is 4.46. The SMILES string of the molecule is CC(=NCC(C)C)c1ccc(Cl)cc1Cl. The van der Waals surface area contributed by atoms with E-state index in [4.69, 9.17) is 23.2 Å². The van der Waals surface area contributed by atoms with Gasteiger partial charge in [-0.25, -0.2) is 0 Å². The number of hydrogen-bond donors (Lipinski definition) is 0. The summed E-state index contributed by atoms with van der Waals surface area (Å²) in [6.45, 7) is 7.07. The van der Waals surface area contributed by atoms with Crippen molar-refractivity contribution in [3.63, 3.8) is 0 Å². The average molecular weight is 244 g/mol. The summed E-state index contributed by atoms with van der Waals surface area (Å²) in [6.07, 6.45) is 0. The van der Waals surface area contributed by atoms with E-state index in [0.717, 1.165) is 17.8 Å². The van der Waals surface area contributed by atoms with Gasteiger partial charge in [-0.15, -0.1) is 0 Å². The zero-order valence-corrected chi connectivity index (χ0v) is 10.7. The standard InChI is InChI=1S/C12H15Cl2N/c1-8(2)7-15-9(3)11-5-4-10(13)6-12(11)14/h4-6,8H,7H2,1-3H3. The molecular formula is C12H15Cl2N. The van der Waals surface area contributed by atoms with Gasteiger partial charge in [-0.3, -0.25) is 4.99 Å². The highest BCUT2D eigenvalue weighted by Crippen LogP contribution is 2.21. The molecule has 0 aliphatic carbocycles. The Morgan fingerprint density at radius 2 is 2.00 bits per heavy atom. The summed E-state index contributed by atoms with van der Waals surface area (Å²) in [7, 11) is 0. The lowest BCUT2D eigenvalue weighted by Crippen LogP contribution is -2.00. The van der Waals surface area contributed by atoms with E-state index in [1.807, 2.05) is 19.1 Å². The molecule has 0 radical (unpaired) electrons. The van der Waals surface area contributed by atoms with Crippen molar-refractivity contribution in [1.82, 2.24) is 0 Å². The number of aliphatic imine (C=N–C) groups is 1. The minimum atomic E-state index is 0.561. The van der Waals surface area contributed by atoms with Crippen LogP contribution >= 0.6 is 23.2 Å². The summed E-state index contributed by atoms with van der Waals surface area (Å²) in [6, 6.07) is 5.48. The summed E-state index contributed by atoms with van der Waals surface area (Å²) in [4.78, 5) is 4.47. The number of halogens is 2. The molecule has 0 spiro atoms. The van der Waals surface area contributed by atoms with Gasteiger partial charge >= 0.3 is 0 Å². The van der Waals surface area contributed by atoms with Gasteiger partial charge in [0.25, 0.3) is 0 Å². The first kappa shape index (κ1) is 12.5. The second-order valence-electron chi connectivity index (χ2n) is 3.94. The van der Waals surface area contributed by atoms with Gasteiger partial charge in [0.15, 0.2) is 0 Å². The third-order valence-electron chi connectivity index (χ3n) is 2.01. The molecule has 0 atom stereocenters. The minimum Gasteiger partial charge on any atom is -0.289 e. The molecule has 0 saturated carbocycles. The summed E-state index contributed by atoms with van der Waals surface area (Å²) in [5, 5.41) is 1.31. The first-order chi connectivity index (χ1) is 7.00. The van der Waals surface area contributed by atoms with E-state index < -0.39 is 0 Å². The van der Waals surface area contributed by atoms with Crippen LogP contribution in [0.15, 0.2) is 23.2 Å². The first-order valence-electron chi connectivity index (χ1n) is 4.97. The van der Waals surface area contributed by atoms with E-state index in [0.29, 0.717) is 16.0 Å². The Balaban J connectivity index is 2.91. The molecule has 0 heterocycles. The molecule has 3 heteroatoms. The largest absolute Gasteiger partial charge is 0.289 e. The lowest BCUT2D eigenvalue weighted by atomic mass is 10.1. The molecule has 0 aliphatic rings. The topological polar surface area (TPSA) is 12.4 Å². The van der Waals surface area contributed by atoms with E-state index in [1.54, 1.807) is 6.07 Å². The van der Waals surface area contributed by atoms with Crippen LogP contribution in [-0.4, -0.2) is 12.3 Å². The maximum atomic E-state index is 6.07. The average Bonchev–Trinajstić information content (AvgIpc) is 2.14. The summed E-state index contributed by atoms with van der Waals surface area (Å²) >= 11 is 11.9. The van der Waals surface area contributed by atoms with Crippen molar-refractivity contribution in [2.45, 2.75) is 20.8 Å². The zero-order chi connectivity index (χ0) is 11.4. The zero-order valence-electron chi connectivity index (χ0n) is 9.22. The number of nitrogens with zero attached hydrogens (tertiary/aromatic N) is 1. The lowest BCUT2D eigenvalue weighted by Gasteiger charge is -2.05. The second-order valence-corrected chi connectivity index (χ2v) is 4.79. The summed E-state index contributed by atoms with van der Waals surface area (Å²) < 4.78 is 0. The van der Waals surface area contributed by atoms with Crippen molar-refractivity contribution >= 4 is 28.9 Å². The van der Waals surface area contributed by atoms with Crippen molar-refractivity contribution in [3.05, 3.63) is 33.8 Å². The highest BCUT2D eigenvalue weighted by atomic mass is 35.5. The molecule has 0 unspecified atom stereocenters. The fourth-order valence-corrected chi connectivity index (χ4v) is 1.73. The van der Waals surface area contributed by atoms with E-state index >= 15 is 0 Å². The molecule has 0 N–H and O–H groups in total. The van der Waals surface area contributed by atoms with Crippen LogP contribution in [0, 0.1) is 5.92 Å². The summed E-state index contributed by atoms with van der Waals surface area (Å²) in [5.41, 5.74) is 1.92. The molecular weight excluding hydrogens is 229 g/mol. The van der Waals surface area contributed by atoms with Crippen LogP contribution in [0.25, 0.3) is 0 Å². The van der Waals surface area contributed by atoms with E-state index in [2.05, 4.69) is 18.8 Å². The highest BCUT2D eigenvalue weighted by Gasteiger charge is 2.04. The van der Waals surface area contributed by atoms with Crippen LogP contribution in [0.3, 0.4) is 0 Å². The maximum Gasteiger partial charge on any atom is 0.0511 e. The third-order valence-corrected chi connectivity index (χ3v) is 2.56. The van der Waals surface area contributed by atoms with Crippen molar-refractivity contribution < 1.29 is 0 Å². The molecule has 1 rings (SSSR count). The number of rotatable bonds is 3. The molecule has 1 aromatic rings. The smallest absolute Gasteiger partial charge is 0.0511 e. The Labute approximate surface area is 101 Å². The van der Waals surface area contributed by atoms with Crippen LogP contribution in [0.1, 0.15) is 26.3 Å². The first-order valence-corrected chi connectivity index (χ1v) is 5.72. The molecule has 0 fully saturated rings. The fraction of sp³-hybridized carbons (Fsp3) is 0.417. The molecule has 1 nitrogen and oxygen atoms in total. The molecule has 82 valence electrons. The Morgan fingerprint density at radius 3 is 2.53 bits per heavy atom. The Kier molecular flexibility index (Phi) is 4.62. The van der Waals surface area contributed by atoms with Crippen LogP contribution in [0.2, 0.25) is 10.0 Å². The Morgan fingerprint density at radius 1 is 1.33 bits per heavy atom. The predicted molar refractivity (Wildman–Crippen MR) is 68.4 cm³/mol. The van der Waals surface area contributed by atoms with E-state index in [-0.39, 0.29) is 0 Å². The molecule has 0 saturated heterocycles. The van der Waals surface area contributed by atoms with Gasteiger partial charge in [0.1, 0.15) is 0 Å². The van der Waals surface area contributed by atoms with E-state index in [9.17, 15) is 0 Å². The third kappa shape index (κ3) is 3.84. The number of hydrogen-bond acceptors (Lipinski definition) is 1. The van der Waals surface area contributed by atoms with Gasteiger partial charge in [-0.1, -0.05) is 43.1 Å². The van der Waals surface area contributed by atoms with Gasteiger partial charge in [0.05, 0.1) is 5.02 Å². The van der Waals surface area contributed by atoms with Crippen LogP contribution in [0.5, 0.6) is 0 Å². The Bertz CT molecular complexity index is 370. The lowest BCUT2D eigenvalue weighted by molar-refractivity contribution is 0.665. The molecule has 0 aliphatic heterocycles. The second kappa shape index (κ2) is 5.53. The van der Waals surface area contributed by atoms with Crippen molar-refractivity contribution in [3.8, 4) is 0 Å². The van der Waals surface area contributed by atoms with Gasteiger partial charge < -0.3 is 0 Å². The fourth-order valence-electron chi connectivity index (χ4n) is 1.19. The van der Waals surface area contributed by atoms with Crippen LogP contribution in [0.4, 0.5) is 0 Å². The highest BCUT2D eigenvalue weighted by molar-refractivity contribution is 6.36. The summed E-state index contributed by atoms with van der Waals surface area (Å²) in [5.74, 6) is 0.561. The molecule has 1 aromatic carbocycles. The molecule has 0 bridgehead atoms. The quantitative estimate of drug-likeness (QED) is 0.696. The van der Waals surface area contributed by atoms with Gasteiger partial charge in [0, 0.05) is 22.8 Å². The molecule has 15 heavy (non-hydrogen) atoms. The Hall–Kier alpha value is -0.530. The maximum absolute atomic E-state index is 6.07. The van der Waals surface area contributed by atoms with Crippen LogP contribution < -0.4 is 0 Å². The van der Waals surface area contributed by atoms with Crippen molar-refractivity contribution in [1.29, 1.82) is 0 Å². The van der Waals surface area contributed by atoms with Gasteiger partial charge in [-0.05, 0) is 25.0 Å². The number of benzene rings is 1. The molecule has 0 aromatic heterocycles.